The highest BCUT2D eigenvalue weighted by atomic mass is 32.2. The normalized spacial score (nSPS) is 13.5. The van der Waals surface area contributed by atoms with Crippen molar-refractivity contribution in [3.8, 4) is 0 Å². The molecule has 0 aromatic heterocycles. The summed E-state index contributed by atoms with van der Waals surface area (Å²) >= 11 is 1.61. The fraction of sp³-hybridized carbons (Fsp3) is 0.810. The predicted octanol–water partition coefficient (Wildman–Crippen LogP) is 3.81. The van der Waals surface area contributed by atoms with Gasteiger partial charge in [0.25, 0.3) is 0 Å². The average molecular weight is 402 g/mol. The van der Waals surface area contributed by atoms with Gasteiger partial charge in [-0.15, -0.1) is 11.8 Å². The first-order chi connectivity index (χ1) is 12.5. The SMILES string of the molecule is CC(C)C.CN[C@@H](CC(C)C)C(=O)NCC(=O)N[C@H](/C=C/SC)CC(C)C. The van der Waals surface area contributed by atoms with Crippen molar-refractivity contribution in [2.75, 3.05) is 19.8 Å². The van der Waals surface area contributed by atoms with E-state index in [4.69, 9.17) is 0 Å². The fourth-order valence-electron chi connectivity index (χ4n) is 2.24. The molecule has 27 heavy (non-hydrogen) atoms. The van der Waals surface area contributed by atoms with E-state index in [1.807, 2.05) is 17.7 Å². The van der Waals surface area contributed by atoms with Crippen molar-refractivity contribution < 1.29 is 9.59 Å². The molecule has 3 N–H and O–H groups in total. The predicted molar refractivity (Wildman–Crippen MR) is 120 cm³/mol. The molecule has 0 aliphatic rings. The van der Waals surface area contributed by atoms with Crippen LogP contribution in [0.2, 0.25) is 0 Å². The van der Waals surface area contributed by atoms with Gasteiger partial charge in [0.1, 0.15) is 0 Å². The first kappa shape index (κ1) is 28.2. The molecule has 0 aliphatic carbocycles. The van der Waals surface area contributed by atoms with Crippen molar-refractivity contribution in [3.05, 3.63) is 11.5 Å². The zero-order chi connectivity index (χ0) is 21.4. The molecule has 160 valence electrons. The van der Waals surface area contributed by atoms with E-state index < -0.39 is 0 Å². The summed E-state index contributed by atoms with van der Waals surface area (Å²) in [7, 11) is 1.76. The number of amides is 2. The van der Waals surface area contributed by atoms with Crippen molar-refractivity contribution in [1.82, 2.24) is 16.0 Å². The molecule has 0 spiro atoms. The minimum atomic E-state index is -0.259. The van der Waals surface area contributed by atoms with Gasteiger partial charge >= 0.3 is 0 Å². The Hall–Kier alpha value is -1.01. The number of carbonyl (C=O) groups excluding carboxylic acids is 2. The van der Waals surface area contributed by atoms with Crippen molar-refractivity contribution in [2.45, 2.75) is 73.4 Å². The van der Waals surface area contributed by atoms with Gasteiger partial charge in [-0.05, 0) is 49.3 Å². The van der Waals surface area contributed by atoms with Crippen molar-refractivity contribution >= 4 is 23.6 Å². The molecule has 0 rings (SSSR count). The maximum atomic E-state index is 12.1. The van der Waals surface area contributed by atoms with E-state index in [0.717, 1.165) is 18.8 Å². The largest absolute Gasteiger partial charge is 0.348 e. The molecule has 0 radical (unpaired) electrons. The highest BCUT2D eigenvalue weighted by Gasteiger charge is 2.18. The molecule has 0 aliphatic heterocycles. The van der Waals surface area contributed by atoms with Crippen LogP contribution in [0.25, 0.3) is 0 Å². The number of thioether (sulfide) groups is 1. The second-order valence-corrected chi connectivity index (χ2v) is 9.03. The van der Waals surface area contributed by atoms with Gasteiger partial charge in [-0.1, -0.05) is 54.5 Å². The van der Waals surface area contributed by atoms with Crippen molar-refractivity contribution in [3.63, 3.8) is 0 Å². The lowest BCUT2D eigenvalue weighted by molar-refractivity contribution is -0.127. The molecule has 0 bridgehead atoms. The molecule has 0 heterocycles. The Kier molecular flexibility index (Phi) is 17.9. The Bertz CT molecular complexity index is 421. The van der Waals surface area contributed by atoms with Crippen LogP contribution in [-0.4, -0.2) is 43.7 Å². The first-order valence-electron chi connectivity index (χ1n) is 9.97. The van der Waals surface area contributed by atoms with E-state index in [-0.39, 0.29) is 30.4 Å². The Labute approximate surface area is 171 Å². The van der Waals surface area contributed by atoms with E-state index in [0.29, 0.717) is 11.8 Å². The lowest BCUT2D eigenvalue weighted by Crippen LogP contribution is -2.48. The Morgan fingerprint density at radius 2 is 1.48 bits per heavy atom. The standard InChI is InChI=1S/C17H33N3O2S.C4H10/c1-12(2)9-14(7-8-23-6)20-16(21)11-19-17(22)15(18-5)10-13(3)4;1-4(2)3/h7-8,12-15,18H,9-11H2,1-6H3,(H,19,22)(H,20,21);4H,1-3H3/b8-7+;/t14-,15+;/m1./s1. The molecular formula is C21H43N3O2S. The monoisotopic (exact) mass is 401 g/mol. The van der Waals surface area contributed by atoms with Crippen LogP contribution in [0.15, 0.2) is 11.5 Å². The zero-order valence-corrected chi connectivity index (χ0v) is 19.7. The number of carbonyl (C=O) groups is 2. The van der Waals surface area contributed by atoms with Crippen LogP contribution >= 0.6 is 11.8 Å². The summed E-state index contributed by atoms with van der Waals surface area (Å²) < 4.78 is 0. The average Bonchev–Trinajstić information content (AvgIpc) is 2.54. The Balaban J connectivity index is 0. The topological polar surface area (TPSA) is 70.2 Å². The number of rotatable bonds is 11. The van der Waals surface area contributed by atoms with Gasteiger partial charge in [0.05, 0.1) is 12.6 Å². The number of likely N-dealkylation sites (N-methyl/N-ethyl adjacent to an activating group) is 1. The van der Waals surface area contributed by atoms with Gasteiger partial charge < -0.3 is 16.0 Å². The lowest BCUT2D eigenvalue weighted by Gasteiger charge is -2.19. The molecule has 0 fully saturated rings. The summed E-state index contributed by atoms with van der Waals surface area (Å²) in [4.78, 5) is 24.1. The summed E-state index contributed by atoms with van der Waals surface area (Å²) in [5.74, 6) is 1.45. The van der Waals surface area contributed by atoms with Crippen LogP contribution in [0.5, 0.6) is 0 Å². The summed E-state index contributed by atoms with van der Waals surface area (Å²) in [5, 5.41) is 10.6. The highest BCUT2D eigenvalue weighted by molar-refractivity contribution is 8.01. The van der Waals surface area contributed by atoms with E-state index in [2.05, 4.69) is 64.4 Å². The summed E-state index contributed by atoms with van der Waals surface area (Å²) in [6.07, 6.45) is 5.61. The molecule has 0 aromatic carbocycles. The number of nitrogens with one attached hydrogen (secondary N) is 3. The number of hydrogen-bond acceptors (Lipinski definition) is 4. The second-order valence-electron chi connectivity index (χ2n) is 8.29. The summed E-state index contributed by atoms with van der Waals surface area (Å²) in [5.41, 5.74) is 0. The van der Waals surface area contributed by atoms with Gasteiger partial charge in [-0.25, -0.2) is 0 Å². The molecule has 0 saturated carbocycles. The van der Waals surface area contributed by atoms with Gasteiger partial charge in [0.2, 0.25) is 11.8 Å². The van der Waals surface area contributed by atoms with E-state index in [1.54, 1.807) is 18.8 Å². The quantitative estimate of drug-likeness (QED) is 0.492. The molecule has 6 heteroatoms. The minimum absolute atomic E-state index is 0.00242. The molecule has 0 unspecified atom stereocenters. The van der Waals surface area contributed by atoms with Gasteiger partial charge in [-0.3, -0.25) is 9.59 Å². The van der Waals surface area contributed by atoms with Gasteiger partial charge in [-0.2, -0.15) is 0 Å². The van der Waals surface area contributed by atoms with Crippen LogP contribution in [0.4, 0.5) is 0 Å². The Morgan fingerprint density at radius 3 is 1.89 bits per heavy atom. The van der Waals surface area contributed by atoms with Gasteiger partial charge in [0.15, 0.2) is 0 Å². The fourth-order valence-corrected chi connectivity index (χ4v) is 2.59. The zero-order valence-electron chi connectivity index (χ0n) is 18.9. The maximum Gasteiger partial charge on any atom is 0.239 e. The van der Waals surface area contributed by atoms with Crippen LogP contribution in [0, 0.1) is 17.8 Å². The third-order valence-electron chi connectivity index (χ3n) is 3.31. The molecule has 2 atom stereocenters. The third-order valence-corrected chi connectivity index (χ3v) is 3.74. The van der Waals surface area contributed by atoms with Gasteiger partial charge in [0, 0.05) is 6.04 Å². The van der Waals surface area contributed by atoms with Crippen LogP contribution in [0.1, 0.15) is 61.3 Å². The summed E-state index contributed by atoms with van der Waals surface area (Å²) in [6.45, 7) is 14.9. The molecular weight excluding hydrogens is 358 g/mol. The van der Waals surface area contributed by atoms with E-state index in [9.17, 15) is 9.59 Å². The maximum absolute atomic E-state index is 12.1. The van der Waals surface area contributed by atoms with E-state index in [1.165, 1.54) is 0 Å². The summed E-state index contributed by atoms with van der Waals surface area (Å²) in [6, 6.07) is -0.256. The minimum Gasteiger partial charge on any atom is -0.348 e. The Morgan fingerprint density at radius 1 is 0.963 bits per heavy atom. The van der Waals surface area contributed by atoms with E-state index >= 15 is 0 Å². The molecule has 5 nitrogen and oxygen atoms in total. The number of hydrogen-bond donors (Lipinski definition) is 3. The first-order valence-corrected chi connectivity index (χ1v) is 11.3. The molecule has 0 saturated heterocycles. The van der Waals surface area contributed by atoms with Crippen LogP contribution in [0.3, 0.4) is 0 Å². The second kappa shape index (κ2) is 17.1. The highest BCUT2D eigenvalue weighted by Crippen LogP contribution is 2.08. The molecule has 2 amide bonds. The molecule has 0 aromatic rings. The van der Waals surface area contributed by atoms with Crippen LogP contribution in [-0.2, 0) is 9.59 Å². The third kappa shape index (κ3) is 19.6. The smallest absolute Gasteiger partial charge is 0.239 e. The van der Waals surface area contributed by atoms with Crippen molar-refractivity contribution in [1.29, 1.82) is 0 Å². The lowest BCUT2D eigenvalue weighted by atomic mass is 10.0. The van der Waals surface area contributed by atoms with Crippen LogP contribution < -0.4 is 16.0 Å². The van der Waals surface area contributed by atoms with Crippen molar-refractivity contribution in [2.24, 2.45) is 17.8 Å².